The van der Waals surface area contributed by atoms with Crippen LogP contribution in [0.25, 0.3) is 0 Å². The lowest BCUT2D eigenvalue weighted by atomic mass is 9.51. The van der Waals surface area contributed by atoms with Gasteiger partial charge in [0.15, 0.2) is 0 Å². The van der Waals surface area contributed by atoms with E-state index in [0.717, 1.165) is 18.3 Å². The van der Waals surface area contributed by atoms with E-state index in [1.807, 2.05) is 7.11 Å². The first-order chi connectivity index (χ1) is 9.25. The smallest absolute Gasteiger partial charge is 0.0875 e. The molecule has 0 aromatic rings. The second kappa shape index (κ2) is 3.28. The molecule has 4 fully saturated rings. The molecule has 5 aliphatic carbocycles. The quantitative estimate of drug-likeness (QED) is 0.735. The Morgan fingerprint density at radius 3 is 2.89 bits per heavy atom. The van der Waals surface area contributed by atoms with Crippen molar-refractivity contribution >= 4 is 0 Å². The number of rotatable bonds is 1. The van der Waals surface area contributed by atoms with Crippen molar-refractivity contribution < 1.29 is 9.84 Å². The van der Waals surface area contributed by atoms with E-state index in [2.05, 4.69) is 12.2 Å². The largest absolute Gasteiger partial charge is 0.393 e. The van der Waals surface area contributed by atoms with Crippen molar-refractivity contribution in [2.45, 2.75) is 50.2 Å². The molecule has 5 aliphatic rings. The van der Waals surface area contributed by atoms with Gasteiger partial charge in [-0.15, -0.1) is 0 Å². The zero-order chi connectivity index (χ0) is 12.8. The van der Waals surface area contributed by atoms with Gasteiger partial charge < -0.3 is 9.84 Å². The van der Waals surface area contributed by atoms with Crippen molar-refractivity contribution in [1.82, 2.24) is 0 Å². The topological polar surface area (TPSA) is 29.5 Å². The second-order valence-electron chi connectivity index (χ2n) is 7.70. The molecule has 1 spiro atoms. The molecular weight excluding hydrogens is 236 g/mol. The number of hydrogen-bond acceptors (Lipinski definition) is 2. The second-order valence-corrected chi connectivity index (χ2v) is 7.70. The van der Waals surface area contributed by atoms with E-state index in [1.54, 1.807) is 0 Å². The molecule has 0 aromatic heterocycles. The van der Waals surface area contributed by atoms with Crippen molar-refractivity contribution in [1.29, 1.82) is 0 Å². The molecule has 0 radical (unpaired) electrons. The molecule has 0 heterocycles. The summed E-state index contributed by atoms with van der Waals surface area (Å²) in [4.78, 5) is 0. The Morgan fingerprint density at radius 2 is 2.05 bits per heavy atom. The first kappa shape index (κ1) is 11.3. The van der Waals surface area contributed by atoms with Gasteiger partial charge in [0.25, 0.3) is 0 Å². The van der Waals surface area contributed by atoms with Crippen molar-refractivity contribution in [2.24, 2.45) is 35.0 Å². The summed E-state index contributed by atoms with van der Waals surface area (Å²) in [6.07, 6.45) is 12.5. The van der Waals surface area contributed by atoms with E-state index < -0.39 is 0 Å². The minimum absolute atomic E-state index is 0.0479. The molecule has 104 valence electrons. The molecule has 0 amide bonds. The molecule has 0 aliphatic heterocycles. The van der Waals surface area contributed by atoms with Gasteiger partial charge >= 0.3 is 0 Å². The van der Waals surface area contributed by atoms with Crippen LogP contribution in [0, 0.1) is 35.0 Å². The van der Waals surface area contributed by atoms with Crippen LogP contribution in [0.2, 0.25) is 0 Å². The fourth-order valence-corrected chi connectivity index (χ4v) is 7.18. The van der Waals surface area contributed by atoms with Gasteiger partial charge in [-0.1, -0.05) is 18.6 Å². The van der Waals surface area contributed by atoms with Crippen LogP contribution in [0.3, 0.4) is 0 Å². The Bertz CT molecular complexity index is 458. The molecule has 19 heavy (non-hydrogen) atoms. The van der Waals surface area contributed by atoms with Gasteiger partial charge in [0.1, 0.15) is 0 Å². The monoisotopic (exact) mass is 260 g/mol. The molecule has 0 aromatic carbocycles. The van der Waals surface area contributed by atoms with E-state index in [1.165, 1.54) is 32.1 Å². The third-order valence-electron chi connectivity index (χ3n) is 7.67. The van der Waals surface area contributed by atoms with Gasteiger partial charge in [-0.2, -0.15) is 0 Å². The molecule has 1 N–H and O–H groups in total. The summed E-state index contributed by atoms with van der Waals surface area (Å²) in [6.45, 7) is 0. The Labute approximate surface area is 115 Å². The molecule has 0 bridgehead atoms. The Balaban J connectivity index is 1.64. The van der Waals surface area contributed by atoms with Crippen molar-refractivity contribution in [3.05, 3.63) is 12.2 Å². The SMILES string of the molecule is COC12[C@@H]3C[C@@H]4CC[C@H]5[C@@H](O)CCC[C@@H]5[C@@]41C=C[C@@H]32. The highest BCUT2D eigenvalue weighted by atomic mass is 16.5. The summed E-state index contributed by atoms with van der Waals surface area (Å²) in [7, 11) is 1.94. The fourth-order valence-electron chi connectivity index (χ4n) is 7.18. The maximum Gasteiger partial charge on any atom is 0.0875 e. The lowest BCUT2D eigenvalue weighted by Crippen LogP contribution is -2.54. The Morgan fingerprint density at radius 1 is 1.16 bits per heavy atom. The minimum atomic E-state index is -0.0479. The van der Waals surface area contributed by atoms with Gasteiger partial charge in [0, 0.05) is 18.4 Å². The summed E-state index contributed by atoms with van der Waals surface area (Å²) in [5, 5.41) is 10.4. The zero-order valence-corrected chi connectivity index (χ0v) is 11.7. The average molecular weight is 260 g/mol. The van der Waals surface area contributed by atoms with Crippen LogP contribution < -0.4 is 0 Å². The number of methoxy groups -OCH3 is 1. The number of ether oxygens (including phenoxy) is 1. The number of fused-ring (bicyclic) bond motifs is 2. The molecule has 0 saturated heterocycles. The van der Waals surface area contributed by atoms with Gasteiger partial charge in [0.2, 0.25) is 0 Å². The number of aliphatic hydroxyl groups excluding tert-OH is 1. The number of hydrogen-bond donors (Lipinski definition) is 1. The van der Waals surface area contributed by atoms with Crippen LogP contribution in [-0.2, 0) is 4.74 Å². The van der Waals surface area contributed by atoms with Gasteiger partial charge in [-0.05, 0) is 55.8 Å². The van der Waals surface area contributed by atoms with Gasteiger partial charge in [-0.25, -0.2) is 0 Å². The molecular formula is C17H24O2. The normalized spacial score (nSPS) is 64.5. The lowest BCUT2D eigenvalue weighted by Gasteiger charge is -2.55. The van der Waals surface area contributed by atoms with Crippen molar-refractivity contribution in [3.63, 3.8) is 0 Å². The first-order valence-electron chi connectivity index (χ1n) is 8.18. The van der Waals surface area contributed by atoms with Crippen LogP contribution >= 0.6 is 0 Å². The fraction of sp³-hybridized carbons (Fsp3) is 0.882. The summed E-state index contributed by atoms with van der Waals surface area (Å²) < 4.78 is 6.16. The Kier molecular flexibility index (Phi) is 1.96. The van der Waals surface area contributed by atoms with E-state index in [-0.39, 0.29) is 11.7 Å². The highest BCUT2D eigenvalue weighted by Gasteiger charge is 2.84. The zero-order valence-electron chi connectivity index (χ0n) is 11.7. The van der Waals surface area contributed by atoms with Crippen molar-refractivity contribution in [3.8, 4) is 0 Å². The molecule has 2 heteroatoms. The van der Waals surface area contributed by atoms with Crippen LogP contribution in [-0.4, -0.2) is 23.9 Å². The predicted octanol–water partition coefficient (Wildman–Crippen LogP) is 2.76. The third kappa shape index (κ3) is 0.975. The van der Waals surface area contributed by atoms with E-state index >= 15 is 0 Å². The van der Waals surface area contributed by atoms with Crippen LogP contribution in [0.4, 0.5) is 0 Å². The molecule has 1 unspecified atom stereocenters. The maximum absolute atomic E-state index is 10.4. The van der Waals surface area contributed by atoms with E-state index in [4.69, 9.17) is 4.74 Å². The van der Waals surface area contributed by atoms with Gasteiger partial charge in [0.05, 0.1) is 11.7 Å². The van der Waals surface area contributed by atoms with E-state index in [0.29, 0.717) is 23.2 Å². The van der Waals surface area contributed by atoms with Crippen LogP contribution in [0.15, 0.2) is 12.2 Å². The standard InChI is InChI=1S/C17H24O2/c1-19-17-13-7-8-16(17)10(9-14(13)17)5-6-11-12(16)3-2-4-15(11)18/h7-8,10-15,18H,2-6,9H2,1H3/t10-,11+,12-,13-,14+,15-,16+,17?/m0/s1. The maximum atomic E-state index is 10.4. The van der Waals surface area contributed by atoms with Crippen molar-refractivity contribution in [2.75, 3.05) is 7.11 Å². The highest BCUT2D eigenvalue weighted by molar-refractivity contribution is 5.44. The Hall–Kier alpha value is -0.340. The first-order valence-corrected chi connectivity index (χ1v) is 8.18. The molecule has 2 nitrogen and oxygen atoms in total. The summed E-state index contributed by atoms with van der Waals surface area (Å²) in [5.41, 5.74) is 0.444. The number of aliphatic hydroxyl groups is 1. The molecule has 4 saturated carbocycles. The third-order valence-corrected chi connectivity index (χ3v) is 7.67. The summed E-state index contributed by atoms with van der Waals surface area (Å²) in [5.74, 6) is 3.55. The summed E-state index contributed by atoms with van der Waals surface area (Å²) in [6, 6.07) is 0. The van der Waals surface area contributed by atoms with E-state index in [9.17, 15) is 5.11 Å². The lowest BCUT2D eigenvalue weighted by molar-refractivity contribution is -0.126. The van der Waals surface area contributed by atoms with Crippen LogP contribution in [0.5, 0.6) is 0 Å². The molecule has 8 atom stereocenters. The molecule has 5 rings (SSSR count). The average Bonchev–Trinajstić information content (AvgIpc) is 2.85. The minimum Gasteiger partial charge on any atom is -0.393 e. The van der Waals surface area contributed by atoms with Gasteiger partial charge in [-0.3, -0.25) is 0 Å². The highest BCUT2D eigenvalue weighted by Crippen LogP contribution is 2.82. The predicted molar refractivity (Wildman–Crippen MR) is 72.5 cm³/mol. The van der Waals surface area contributed by atoms with Crippen LogP contribution in [0.1, 0.15) is 38.5 Å². The summed E-state index contributed by atoms with van der Waals surface area (Å²) >= 11 is 0.